The molecule has 0 aliphatic carbocycles. The van der Waals surface area contributed by atoms with Gasteiger partial charge in [0.15, 0.2) is 0 Å². The van der Waals surface area contributed by atoms with Crippen molar-refractivity contribution in [3.05, 3.63) is 52.2 Å². The molecule has 1 amide bonds. The Balaban J connectivity index is 2.36. The number of aryl methyl sites for hydroxylation is 2. The van der Waals surface area contributed by atoms with Gasteiger partial charge in [0.05, 0.1) is 5.69 Å². The Kier molecular flexibility index (Phi) is 3.74. The zero-order valence-corrected chi connectivity index (χ0v) is 12.1. The molecule has 1 aromatic heterocycles. The number of nitrogens with one attached hydrogen (secondary N) is 1. The Hall–Kier alpha value is -2.36. The van der Waals surface area contributed by atoms with Crippen molar-refractivity contribution < 1.29 is 9.90 Å². The summed E-state index contributed by atoms with van der Waals surface area (Å²) >= 11 is 0. The number of aromatic nitrogens is 1. The summed E-state index contributed by atoms with van der Waals surface area (Å²) in [7, 11) is 0. The lowest BCUT2D eigenvalue weighted by molar-refractivity contribution is 0.102. The number of carbonyl (C=O) groups excluding carboxylic acids is 1. The third kappa shape index (κ3) is 2.50. The van der Waals surface area contributed by atoms with Crippen molar-refractivity contribution in [3.63, 3.8) is 0 Å². The van der Waals surface area contributed by atoms with Gasteiger partial charge in [-0.3, -0.25) is 4.79 Å². The first-order valence-corrected chi connectivity index (χ1v) is 6.45. The first-order valence-electron chi connectivity index (χ1n) is 6.45. The molecule has 1 heterocycles. The number of pyridine rings is 1. The molecule has 1 aromatic carbocycles. The van der Waals surface area contributed by atoms with Crippen LogP contribution in [-0.2, 0) is 0 Å². The molecule has 2 rings (SSSR count). The third-order valence-electron chi connectivity index (χ3n) is 3.52. The summed E-state index contributed by atoms with van der Waals surface area (Å²) in [6.45, 7) is 7.24. The largest absolute Gasteiger partial charge is 0.506 e. The fraction of sp³-hybridized carbons (Fsp3) is 0.250. The number of aromatic hydroxyl groups is 1. The van der Waals surface area contributed by atoms with E-state index in [9.17, 15) is 9.90 Å². The van der Waals surface area contributed by atoms with Crippen LogP contribution in [0, 0.1) is 27.7 Å². The van der Waals surface area contributed by atoms with Crippen LogP contribution in [0.5, 0.6) is 5.75 Å². The third-order valence-corrected chi connectivity index (χ3v) is 3.52. The highest BCUT2D eigenvalue weighted by Crippen LogP contribution is 2.27. The van der Waals surface area contributed by atoms with Crippen molar-refractivity contribution >= 4 is 11.7 Å². The summed E-state index contributed by atoms with van der Waals surface area (Å²) in [5.74, 6) is 0.477. The Morgan fingerprint density at radius 2 is 1.75 bits per heavy atom. The molecule has 0 spiro atoms. The van der Waals surface area contributed by atoms with Crippen LogP contribution in [0.4, 0.5) is 5.82 Å². The van der Waals surface area contributed by atoms with Crippen LogP contribution in [0.3, 0.4) is 0 Å². The van der Waals surface area contributed by atoms with Gasteiger partial charge in [-0.25, -0.2) is 4.98 Å². The number of benzene rings is 1. The van der Waals surface area contributed by atoms with Gasteiger partial charge in [-0.1, -0.05) is 18.2 Å². The molecule has 0 saturated carbocycles. The SMILES string of the molecule is Cc1ccccc1C(=O)Nc1nc(C)c(O)c(C)c1C. The summed E-state index contributed by atoms with van der Waals surface area (Å²) in [5, 5.41) is 12.6. The number of rotatable bonds is 2. The van der Waals surface area contributed by atoms with Crippen LogP contribution in [0.1, 0.15) is 32.7 Å². The molecule has 0 bridgehead atoms. The molecule has 0 fully saturated rings. The molecule has 0 aliphatic rings. The second-order valence-corrected chi connectivity index (χ2v) is 4.91. The van der Waals surface area contributed by atoms with E-state index in [4.69, 9.17) is 0 Å². The standard InChI is InChI=1S/C16H18N2O2/c1-9-7-5-6-8-13(9)16(20)18-15-11(3)10(2)14(19)12(4)17-15/h5-8,19H,1-4H3,(H,17,18,20). The van der Waals surface area contributed by atoms with Crippen LogP contribution in [0.25, 0.3) is 0 Å². The second kappa shape index (κ2) is 5.33. The van der Waals surface area contributed by atoms with Crippen LogP contribution in [-0.4, -0.2) is 16.0 Å². The van der Waals surface area contributed by atoms with E-state index in [0.717, 1.165) is 16.7 Å². The lowest BCUT2D eigenvalue weighted by Gasteiger charge is -2.13. The van der Waals surface area contributed by atoms with Gasteiger partial charge in [0.2, 0.25) is 0 Å². The van der Waals surface area contributed by atoms with Gasteiger partial charge in [0.25, 0.3) is 5.91 Å². The minimum absolute atomic E-state index is 0.177. The molecule has 0 saturated heterocycles. The average molecular weight is 270 g/mol. The molecule has 4 heteroatoms. The van der Waals surface area contributed by atoms with Gasteiger partial charge in [0, 0.05) is 5.56 Å². The monoisotopic (exact) mass is 270 g/mol. The predicted octanol–water partition coefficient (Wildman–Crippen LogP) is 3.27. The highest BCUT2D eigenvalue weighted by Gasteiger charge is 2.15. The molecule has 104 valence electrons. The highest BCUT2D eigenvalue weighted by molar-refractivity contribution is 6.05. The minimum Gasteiger partial charge on any atom is -0.506 e. The lowest BCUT2D eigenvalue weighted by atomic mass is 10.1. The van der Waals surface area contributed by atoms with Crippen molar-refractivity contribution in [1.82, 2.24) is 4.98 Å². The molecule has 0 aliphatic heterocycles. The number of amides is 1. The van der Waals surface area contributed by atoms with Crippen LogP contribution in [0.2, 0.25) is 0 Å². The van der Waals surface area contributed by atoms with E-state index in [1.165, 1.54) is 0 Å². The van der Waals surface area contributed by atoms with E-state index in [2.05, 4.69) is 10.3 Å². The van der Waals surface area contributed by atoms with E-state index in [1.54, 1.807) is 13.0 Å². The molecule has 0 atom stereocenters. The van der Waals surface area contributed by atoms with Crippen LogP contribution >= 0.6 is 0 Å². The fourth-order valence-electron chi connectivity index (χ4n) is 2.06. The Morgan fingerprint density at radius 3 is 2.40 bits per heavy atom. The molecule has 4 nitrogen and oxygen atoms in total. The van der Waals surface area contributed by atoms with E-state index < -0.39 is 0 Å². The molecular weight excluding hydrogens is 252 g/mol. The zero-order chi connectivity index (χ0) is 14.9. The molecule has 0 unspecified atom stereocenters. The quantitative estimate of drug-likeness (QED) is 0.880. The van der Waals surface area contributed by atoms with Crippen molar-refractivity contribution in [2.75, 3.05) is 5.32 Å². The van der Waals surface area contributed by atoms with Crippen molar-refractivity contribution in [2.45, 2.75) is 27.7 Å². The molecule has 0 radical (unpaired) electrons. The van der Waals surface area contributed by atoms with Crippen LogP contribution < -0.4 is 5.32 Å². The van der Waals surface area contributed by atoms with Gasteiger partial charge in [0.1, 0.15) is 11.6 Å². The summed E-state index contributed by atoms with van der Waals surface area (Å²) in [5.41, 5.74) is 3.55. The van der Waals surface area contributed by atoms with Gasteiger partial charge in [-0.2, -0.15) is 0 Å². The van der Waals surface area contributed by atoms with Crippen molar-refractivity contribution in [2.24, 2.45) is 0 Å². The van der Waals surface area contributed by atoms with Gasteiger partial charge < -0.3 is 10.4 Å². The number of hydrogen-bond acceptors (Lipinski definition) is 3. The molecular formula is C16H18N2O2. The summed E-state index contributed by atoms with van der Waals surface area (Å²) in [4.78, 5) is 16.5. The number of carbonyl (C=O) groups is 1. The molecule has 2 N–H and O–H groups in total. The number of nitrogens with zero attached hydrogens (tertiary/aromatic N) is 1. The van der Waals surface area contributed by atoms with Gasteiger partial charge in [-0.05, 0) is 50.5 Å². The van der Waals surface area contributed by atoms with Crippen molar-refractivity contribution in [3.8, 4) is 5.75 Å². The van der Waals surface area contributed by atoms with E-state index >= 15 is 0 Å². The maximum absolute atomic E-state index is 12.3. The highest BCUT2D eigenvalue weighted by atomic mass is 16.3. The van der Waals surface area contributed by atoms with E-state index in [-0.39, 0.29) is 11.7 Å². The first kappa shape index (κ1) is 14.1. The summed E-state index contributed by atoms with van der Waals surface area (Å²) in [6.07, 6.45) is 0. The van der Waals surface area contributed by atoms with E-state index in [0.29, 0.717) is 17.1 Å². The first-order chi connectivity index (χ1) is 9.41. The lowest BCUT2D eigenvalue weighted by Crippen LogP contribution is -2.16. The summed E-state index contributed by atoms with van der Waals surface area (Å²) < 4.78 is 0. The smallest absolute Gasteiger partial charge is 0.257 e. The van der Waals surface area contributed by atoms with E-state index in [1.807, 2.05) is 39.0 Å². The summed E-state index contributed by atoms with van der Waals surface area (Å²) in [6, 6.07) is 7.39. The maximum Gasteiger partial charge on any atom is 0.257 e. The number of anilines is 1. The second-order valence-electron chi connectivity index (χ2n) is 4.91. The average Bonchev–Trinajstić information content (AvgIpc) is 2.42. The number of hydrogen-bond donors (Lipinski definition) is 2. The predicted molar refractivity (Wildman–Crippen MR) is 79.2 cm³/mol. The Morgan fingerprint density at radius 1 is 1.10 bits per heavy atom. The Bertz CT molecular complexity index is 678. The van der Waals surface area contributed by atoms with Gasteiger partial charge >= 0.3 is 0 Å². The molecule has 20 heavy (non-hydrogen) atoms. The maximum atomic E-state index is 12.3. The normalized spacial score (nSPS) is 10.4. The van der Waals surface area contributed by atoms with Crippen LogP contribution in [0.15, 0.2) is 24.3 Å². The minimum atomic E-state index is -0.191. The van der Waals surface area contributed by atoms with Crippen molar-refractivity contribution in [1.29, 1.82) is 0 Å². The zero-order valence-electron chi connectivity index (χ0n) is 12.1. The topological polar surface area (TPSA) is 62.2 Å². The Labute approximate surface area is 118 Å². The van der Waals surface area contributed by atoms with Gasteiger partial charge in [-0.15, -0.1) is 0 Å². The molecule has 2 aromatic rings. The fourth-order valence-corrected chi connectivity index (χ4v) is 2.06.